The number of carboxylic acid groups (broad SMARTS) is 1. The minimum atomic E-state index is -1.26. The molecule has 10 nitrogen and oxygen atoms in total. The predicted octanol–water partition coefficient (Wildman–Crippen LogP) is -3.00. The van der Waals surface area contributed by atoms with Gasteiger partial charge in [0.1, 0.15) is 12.1 Å². The summed E-state index contributed by atoms with van der Waals surface area (Å²) in [5.41, 5.74) is 15.4. The van der Waals surface area contributed by atoms with Crippen LogP contribution in [-0.2, 0) is 19.2 Å². The predicted molar refractivity (Wildman–Crippen MR) is 77.3 cm³/mol. The Hall–Kier alpha value is -2.20. The van der Waals surface area contributed by atoms with E-state index in [2.05, 4.69) is 10.6 Å². The number of primary amides is 1. The Labute approximate surface area is 127 Å². The molecule has 0 aliphatic carbocycles. The van der Waals surface area contributed by atoms with Gasteiger partial charge in [-0.15, -0.1) is 0 Å². The fraction of sp³-hybridized carbons (Fsp3) is 0.667. The van der Waals surface area contributed by atoms with Crippen molar-refractivity contribution >= 4 is 23.7 Å². The Morgan fingerprint density at radius 1 is 1.00 bits per heavy atom. The van der Waals surface area contributed by atoms with E-state index in [1.54, 1.807) is 0 Å². The van der Waals surface area contributed by atoms with E-state index in [0.717, 1.165) is 0 Å². The zero-order valence-electron chi connectivity index (χ0n) is 12.2. The van der Waals surface area contributed by atoms with Gasteiger partial charge < -0.3 is 32.9 Å². The second kappa shape index (κ2) is 10.5. The second-order valence-corrected chi connectivity index (χ2v) is 4.68. The molecule has 2 unspecified atom stereocenters. The molecule has 0 aromatic rings. The third-order valence-corrected chi connectivity index (χ3v) is 2.80. The lowest BCUT2D eigenvalue weighted by Crippen LogP contribution is -2.53. The van der Waals surface area contributed by atoms with Gasteiger partial charge in [-0.2, -0.15) is 0 Å². The van der Waals surface area contributed by atoms with Crippen molar-refractivity contribution in [2.24, 2.45) is 17.2 Å². The minimum absolute atomic E-state index is 0.187. The van der Waals surface area contributed by atoms with Crippen molar-refractivity contribution < 1.29 is 24.3 Å². The molecule has 9 N–H and O–H groups in total. The molecule has 0 aliphatic rings. The summed E-state index contributed by atoms with van der Waals surface area (Å²) in [5, 5.41) is 13.6. The van der Waals surface area contributed by atoms with Crippen LogP contribution in [0.15, 0.2) is 0 Å². The molecule has 10 heteroatoms. The standard InChI is InChI=1S/C12H23N5O5/c13-4-2-1-3-7(12(21)22)17-11(20)8(5-9(15)18)16-10(19)6-14/h7-8H,1-6,13-14H2,(H2,15,18)(H,16,19)(H,17,20)(H,21,22). The molecule has 0 fully saturated rings. The molecule has 0 spiro atoms. The van der Waals surface area contributed by atoms with Gasteiger partial charge in [-0.25, -0.2) is 4.79 Å². The van der Waals surface area contributed by atoms with Crippen molar-refractivity contribution in [2.75, 3.05) is 13.1 Å². The van der Waals surface area contributed by atoms with Crippen LogP contribution >= 0.6 is 0 Å². The Kier molecular flexibility index (Phi) is 9.46. The molecule has 0 aromatic carbocycles. The lowest BCUT2D eigenvalue weighted by Gasteiger charge is -2.20. The number of carbonyl (C=O) groups excluding carboxylic acids is 3. The Bertz CT molecular complexity index is 415. The molecule has 2 atom stereocenters. The Morgan fingerprint density at radius 3 is 2.09 bits per heavy atom. The molecule has 22 heavy (non-hydrogen) atoms. The Morgan fingerprint density at radius 2 is 1.64 bits per heavy atom. The maximum atomic E-state index is 12.0. The van der Waals surface area contributed by atoms with Crippen molar-refractivity contribution in [3.05, 3.63) is 0 Å². The summed E-state index contributed by atoms with van der Waals surface area (Å²) >= 11 is 0. The molecule has 0 bridgehead atoms. The third kappa shape index (κ3) is 8.17. The molecule has 0 saturated heterocycles. The van der Waals surface area contributed by atoms with E-state index < -0.39 is 42.2 Å². The minimum Gasteiger partial charge on any atom is -0.480 e. The van der Waals surface area contributed by atoms with E-state index in [0.29, 0.717) is 19.4 Å². The molecular weight excluding hydrogens is 294 g/mol. The number of carboxylic acids is 1. The van der Waals surface area contributed by atoms with Crippen LogP contribution in [0.1, 0.15) is 25.7 Å². The van der Waals surface area contributed by atoms with E-state index in [1.165, 1.54) is 0 Å². The quantitative estimate of drug-likeness (QED) is 0.219. The van der Waals surface area contributed by atoms with Crippen LogP contribution in [0, 0.1) is 0 Å². The van der Waals surface area contributed by atoms with E-state index >= 15 is 0 Å². The van der Waals surface area contributed by atoms with Crippen LogP contribution in [0.3, 0.4) is 0 Å². The second-order valence-electron chi connectivity index (χ2n) is 4.68. The average molecular weight is 317 g/mol. The van der Waals surface area contributed by atoms with Gasteiger partial charge in [-0.1, -0.05) is 0 Å². The van der Waals surface area contributed by atoms with Crippen molar-refractivity contribution in [3.63, 3.8) is 0 Å². The van der Waals surface area contributed by atoms with E-state index in [-0.39, 0.29) is 13.0 Å². The van der Waals surface area contributed by atoms with Gasteiger partial charge in [-0.3, -0.25) is 14.4 Å². The van der Waals surface area contributed by atoms with Crippen molar-refractivity contribution in [2.45, 2.75) is 37.8 Å². The van der Waals surface area contributed by atoms with Crippen molar-refractivity contribution in [1.82, 2.24) is 10.6 Å². The van der Waals surface area contributed by atoms with Crippen LogP contribution in [0.4, 0.5) is 0 Å². The monoisotopic (exact) mass is 317 g/mol. The number of nitrogens with two attached hydrogens (primary N) is 3. The van der Waals surface area contributed by atoms with Crippen LogP contribution in [0.25, 0.3) is 0 Å². The first-order chi connectivity index (χ1) is 10.3. The van der Waals surface area contributed by atoms with Gasteiger partial charge in [0.15, 0.2) is 0 Å². The maximum Gasteiger partial charge on any atom is 0.326 e. The summed E-state index contributed by atoms with van der Waals surface area (Å²) in [7, 11) is 0. The fourth-order valence-electron chi connectivity index (χ4n) is 1.69. The number of nitrogens with one attached hydrogen (secondary N) is 2. The van der Waals surface area contributed by atoms with Gasteiger partial charge in [0.2, 0.25) is 17.7 Å². The highest BCUT2D eigenvalue weighted by Gasteiger charge is 2.27. The van der Waals surface area contributed by atoms with E-state index in [1.807, 2.05) is 0 Å². The lowest BCUT2D eigenvalue weighted by molar-refractivity contribution is -0.142. The summed E-state index contributed by atoms with van der Waals surface area (Å²) in [6.07, 6.45) is 0.872. The smallest absolute Gasteiger partial charge is 0.326 e. The highest BCUT2D eigenvalue weighted by atomic mass is 16.4. The zero-order chi connectivity index (χ0) is 17.1. The number of unbranched alkanes of at least 4 members (excludes halogenated alkanes) is 1. The molecular formula is C12H23N5O5. The first-order valence-electron chi connectivity index (χ1n) is 6.82. The van der Waals surface area contributed by atoms with Crippen LogP contribution in [0.2, 0.25) is 0 Å². The van der Waals surface area contributed by atoms with Gasteiger partial charge in [0.25, 0.3) is 0 Å². The normalized spacial score (nSPS) is 13.0. The molecule has 0 aromatic heterocycles. The van der Waals surface area contributed by atoms with Gasteiger partial charge in [0.05, 0.1) is 13.0 Å². The Balaban J connectivity index is 4.76. The summed E-state index contributed by atoms with van der Waals surface area (Å²) in [4.78, 5) is 45.3. The third-order valence-electron chi connectivity index (χ3n) is 2.80. The summed E-state index contributed by atoms with van der Waals surface area (Å²) in [5.74, 6) is -3.49. The molecule has 0 radical (unpaired) electrons. The topological polar surface area (TPSA) is 191 Å². The molecule has 0 saturated carbocycles. The number of hydrogen-bond acceptors (Lipinski definition) is 6. The number of rotatable bonds is 11. The van der Waals surface area contributed by atoms with Crippen LogP contribution < -0.4 is 27.8 Å². The SMILES string of the molecule is NCCCCC(NC(=O)C(CC(N)=O)NC(=O)CN)C(=O)O. The largest absolute Gasteiger partial charge is 0.480 e. The molecule has 0 heterocycles. The number of aliphatic carboxylic acids is 1. The molecule has 126 valence electrons. The fourth-order valence-corrected chi connectivity index (χ4v) is 1.69. The zero-order valence-corrected chi connectivity index (χ0v) is 12.2. The van der Waals surface area contributed by atoms with E-state index in [4.69, 9.17) is 22.3 Å². The highest BCUT2D eigenvalue weighted by Crippen LogP contribution is 2.02. The number of amides is 3. The average Bonchev–Trinajstić information content (AvgIpc) is 2.44. The lowest BCUT2D eigenvalue weighted by atomic mass is 10.1. The van der Waals surface area contributed by atoms with Crippen molar-refractivity contribution in [3.8, 4) is 0 Å². The van der Waals surface area contributed by atoms with Crippen molar-refractivity contribution in [1.29, 1.82) is 0 Å². The molecule has 0 rings (SSSR count). The highest BCUT2D eigenvalue weighted by molar-refractivity contribution is 5.93. The number of hydrogen-bond donors (Lipinski definition) is 6. The summed E-state index contributed by atoms with van der Waals surface area (Å²) in [6, 6.07) is -2.39. The maximum absolute atomic E-state index is 12.0. The molecule has 0 aliphatic heterocycles. The van der Waals surface area contributed by atoms with Gasteiger partial charge in [0, 0.05) is 0 Å². The van der Waals surface area contributed by atoms with Crippen LogP contribution in [-0.4, -0.2) is 54.0 Å². The molecule has 3 amide bonds. The summed E-state index contributed by atoms with van der Waals surface area (Å²) < 4.78 is 0. The van der Waals surface area contributed by atoms with Gasteiger partial charge >= 0.3 is 5.97 Å². The van der Waals surface area contributed by atoms with Gasteiger partial charge in [-0.05, 0) is 25.8 Å². The first-order valence-corrected chi connectivity index (χ1v) is 6.82. The van der Waals surface area contributed by atoms with Crippen LogP contribution in [0.5, 0.6) is 0 Å². The number of carbonyl (C=O) groups is 4. The van der Waals surface area contributed by atoms with E-state index in [9.17, 15) is 19.2 Å². The summed E-state index contributed by atoms with van der Waals surface area (Å²) in [6.45, 7) is 0.0402. The first kappa shape index (κ1) is 19.8.